The van der Waals surface area contributed by atoms with Gasteiger partial charge in [-0.3, -0.25) is 9.36 Å². The molecule has 1 amide bonds. The quantitative estimate of drug-likeness (QED) is 0.896. The molecular weight excluding hydrogens is 254 g/mol. The fraction of sp³-hybridized carbons (Fsp3) is 0.333. The van der Waals surface area contributed by atoms with Crippen molar-refractivity contribution in [1.29, 1.82) is 0 Å². The third-order valence-electron chi connectivity index (χ3n) is 3.48. The molecule has 0 spiro atoms. The molecule has 5 nitrogen and oxygen atoms in total. The van der Waals surface area contributed by atoms with Gasteiger partial charge < -0.3 is 10.0 Å². The van der Waals surface area contributed by atoms with Gasteiger partial charge in [-0.25, -0.2) is 4.98 Å². The normalized spacial score (nSPS) is 14.2. The molecule has 20 heavy (non-hydrogen) atoms. The first-order chi connectivity index (χ1) is 9.81. The third kappa shape index (κ3) is 2.44. The van der Waals surface area contributed by atoms with Gasteiger partial charge in [0.25, 0.3) is 5.91 Å². The number of aliphatic hydroxyl groups excluding tert-OH is 1. The molecule has 1 N–H and O–H groups in total. The van der Waals surface area contributed by atoms with Crippen LogP contribution in [0.2, 0.25) is 0 Å². The van der Waals surface area contributed by atoms with E-state index in [-0.39, 0.29) is 18.6 Å². The molecule has 1 aliphatic carbocycles. The van der Waals surface area contributed by atoms with Crippen LogP contribution in [-0.2, 0) is 0 Å². The first kappa shape index (κ1) is 12.9. The summed E-state index contributed by atoms with van der Waals surface area (Å²) in [5.74, 6) is -0.0668. The molecule has 1 fully saturated rings. The molecule has 0 saturated heterocycles. The number of rotatable bonds is 5. The summed E-state index contributed by atoms with van der Waals surface area (Å²) in [5, 5.41) is 9.13. The molecule has 1 aromatic carbocycles. The van der Waals surface area contributed by atoms with Crippen LogP contribution < -0.4 is 0 Å². The van der Waals surface area contributed by atoms with Gasteiger partial charge in [0.2, 0.25) is 0 Å². The largest absolute Gasteiger partial charge is 0.395 e. The number of hydrogen-bond acceptors (Lipinski definition) is 3. The molecular formula is C15H17N3O2. The SMILES string of the molecule is O=C(c1cncn1-c1ccccc1)N(CCO)C1CC1. The Morgan fingerprint density at radius 3 is 2.75 bits per heavy atom. The predicted octanol–water partition coefficient (Wildman–Crippen LogP) is 1.47. The van der Waals surface area contributed by atoms with Crippen LogP contribution in [0.25, 0.3) is 5.69 Å². The molecule has 0 atom stereocenters. The Hall–Kier alpha value is -2.14. The highest BCUT2D eigenvalue weighted by Gasteiger charge is 2.33. The number of carbonyl (C=O) groups is 1. The Kier molecular flexibility index (Phi) is 3.52. The molecule has 5 heteroatoms. The van der Waals surface area contributed by atoms with Gasteiger partial charge in [-0.05, 0) is 25.0 Å². The van der Waals surface area contributed by atoms with Crippen molar-refractivity contribution in [3.8, 4) is 5.69 Å². The molecule has 0 bridgehead atoms. The summed E-state index contributed by atoms with van der Waals surface area (Å²) >= 11 is 0. The lowest BCUT2D eigenvalue weighted by Gasteiger charge is -2.21. The summed E-state index contributed by atoms with van der Waals surface area (Å²) in [6, 6.07) is 9.93. The van der Waals surface area contributed by atoms with Crippen LogP contribution >= 0.6 is 0 Å². The molecule has 104 valence electrons. The lowest BCUT2D eigenvalue weighted by Crippen LogP contribution is -2.36. The highest BCUT2D eigenvalue weighted by atomic mass is 16.3. The van der Waals surface area contributed by atoms with Crippen molar-refractivity contribution in [1.82, 2.24) is 14.5 Å². The minimum Gasteiger partial charge on any atom is -0.395 e. The fourth-order valence-corrected chi connectivity index (χ4v) is 2.34. The van der Waals surface area contributed by atoms with E-state index in [2.05, 4.69) is 4.98 Å². The molecule has 1 aromatic heterocycles. The van der Waals surface area contributed by atoms with Gasteiger partial charge in [-0.15, -0.1) is 0 Å². The number of amides is 1. The second kappa shape index (κ2) is 5.46. The zero-order chi connectivity index (χ0) is 13.9. The number of hydrogen-bond donors (Lipinski definition) is 1. The summed E-state index contributed by atoms with van der Waals surface area (Å²) < 4.78 is 1.79. The van der Waals surface area contributed by atoms with Gasteiger partial charge >= 0.3 is 0 Å². The maximum absolute atomic E-state index is 12.6. The lowest BCUT2D eigenvalue weighted by atomic mass is 10.3. The standard InChI is InChI=1S/C15H17N3O2/c19-9-8-17(13-6-7-13)15(20)14-10-16-11-18(14)12-4-2-1-3-5-12/h1-5,10-11,13,19H,6-9H2. The van der Waals surface area contributed by atoms with Crippen molar-refractivity contribution >= 4 is 5.91 Å². The Morgan fingerprint density at radius 1 is 1.35 bits per heavy atom. The second-order valence-electron chi connectivity index (χ2n) is 4.94. The molecule has 0 radical (unpaired) electrons. The molecule has 3 rings (SSSR count). The molecule has 1 heterocycles. The van der Waals surface area contributed by atoms with E-state index in [4.69, 9.17) is 5.11 Å². The number of imidazole rings is 1. The van der Waals surface area contributed by atoms with Crippen LogP contribution in [0.5, 0.6) is 0 Å². The summed E-state index contributed by atoms with van der Waals surface area (Å²) in [5.41, 5.74) is 1.45. The van der Waals surface area contributed by atoms with Gasteiger partial charge in [0.05, 0.1) is 19.1 Å². The summed E-state index contributed by atoms with van der Waals surface area (Å²) in [7, 11) is 0. The van der Waals surface area contributed by atoms with E-state index < -0.39 is 0 Å². The van der Waals surface area contributed by atoms with E-state index in [9.17, 15) is 4.79 Å². The van der Waals surface area contributed by atoms with Crippen molar-refractivity contribution in [3.63, 3.8) is 0 Å². The number of aliphatic hydroxyl groups is 1. The van der Waals surface area contributed by atoms with E-state index >= 15 is 0 Å². The van der Waals surface area contributed by atoms with E-state index in [1.165, 1.54) is 0 Å². The van der Waals surface area contributed by atoms with Crippen LogP contribution in [0.3, 0.4) is 0 Å². The summed E-state index contributed by atoms with van der Waals surface area (Å²) in [4.78, 5) is 18.5. The number of nitrogens with zero attached hydrogens (tertiary/aromatic N) is 3. The van der Waals surface area contributed by atoms with Crippen molar-refractivity contribution < 1.29 is 9.90 Å². The minimum absolute atomic E-state index is 0.0122. The molecule has 0 aliphatic heterocycles. The van der Waals surface area contributed by atoms with Gasteiger partial charge in [0.15, 0.2) is 0 Å². The van der Waals surface area contributed by atoms with Gasteiger partial charge in [0, 0.05) is 18.3 Å². The van der Waals surface area contributed by atoms with Crippen LogP contribution in [0, 0.1) is 0 Å². The monoisotopic (exact) mass is 271 g/mol. The zero-order valence-corrected chi connectivity index (χ0v) is 11.1. The second-order valence-corrected chi connectivity index (χ2v) is 4.94. The van der Waals surface area contributed by atoms with E-state index in [1.807, 2.05) is 30.3 Å². The number of aromatic nitrogens is 2. The molecule has 0 unspecified atom stereocenters. The fourth-order valence-electron chi connectivity index (χ4n) is 2.34. The average molecular weight is 271 g/mol. The first-order valence-electron chi connectivity index (χ1n) is 6.81. The van der Waals surface area contributed by atoms with Crippen molar-refractivity contribution in [3.05, 3.63) is 48.5 Å². The van der Waals surface area contributed by atoms with E-state index in [1.54, 1.807) is 22.0 Å². The molecule has 2 aromatic rings. The Bertz CT molecular complexity index is 590. The minimum atomic E-state index is -0.0668. The van der Waals surface area contributed by atoms with Crippen molar-refractivity contribution in [2.24, 2.45) is 0 Å². The average Bonchev–Trinajstić information content (AvgIpc) is 3.20. The van der Waals surface area contributed by atoms with Crippen LogP contribution in [0.15, 0.2) is 42.9 Å². The highest BCUT2D eigenvalue weighted by molar-refractivity contribution is 5.93. The first-order valence-corrected chi connectivity index (χ1v) is 6.81. The van der Waals surface area contributed by atoms with Crippen molar-refractivity contribution in [2.45, 2.75) is 18.9 Å². The molecule has 1 aliphatic rings. The maximum atomic E-state index is 12.6. The number of para-hydroxylation sites is 1. The Morgan fingerprint density at radius 2 is 2.10 bits per heavy atom. The molecule has 1 saturated carbocycles. The van der Waals surface area contributed by atoms with Crippen LogP contribution in [-0.4, -0.2) is 44.7 Å². The highest BCUT2D eigenvalue weighted by Crippen LogP contribution is 2.28. The summed E-state index contributed by atoms with van der Waals surface area (Å²) in [6.45, 7) is 0.366. The zero-order valence-electron chi connectivity index (χ0n) is 11.1. The maximum Gasteiger partial charge on any atom is 0.272 e. The summed E-state index contributed by atoms with van der Waals surface area (Å²) in [6.07, 6.45) is 5.27. The van der Waals surface area contributed by atoms with E-state index in [0.717, 1.165) is 18.5 Å². The van der Waals surface area contributed by atoms with Crippen molar-refractivity contribution in [2.75, 3.05) is 13.2 Å². The van der Waals surface area contributed by atoms with E-state index in [0.29, 0.717) is 12.2 Å². The number of carbonyl (C=O) groups excluding carboxylic acids is 1. The topological polar surface area (TPSA) is 58.4 Å². The van der Waals surface area contributed by atoms with Crippen LogP contribution in [0.4, 0.5) is 0 Å². The Balaban J connectivity index is 1.90. The van der Waals surface area contributed by atoms with Crippen LogP contribution in [0.1, 0.15) is 23.3 Å². The van der Waals surface area contributed by atoms with Gasteiger partial charge in [0.1, 0.15) is 5.69 Å². The smallest absolute Gasteiger partial charge is 0.272 e. The van der Waals surface area contributed by atoms with Gasteiger partial charge in [-0.2, -0.15) is 0 Å². The van der Waals surface area contributed by atoms with Gasteiger partial charge in [-0.1, -0.05) is 18.2 Å². The Labute approximate surface area is 117 Å². The lowest BCUT2D eigenvalue weighted by molar-refractivity contribution is 0.0699. The number of benzene rings is 1. The third-order valence-corrected chi connectivity index (χ3v) is 3.48. The predicted molar refractivity (Wildman–Crippen MR) is 74.7 cm³/mol.